The second-order valence-corrected chi connectivity index (χ2v) is 6.62. The van der Waals surface area contributed by atoms with Gasteiger partial charge in [-0.25, -0.2) is 4.98 Å². The first-order valence-corrected chi connectivity index (χ1v) is 8.43. The quantitative estimate of drug-likeness (QED) is 0.817. The number of aromatic nitrogens is 2. The van der Waals surface area contributed by atoms with Crippen molar-refractivity contribution in [3.8, 4) is 0 Å². The highest BCUT2D eigenvalue weighted by Crippen LogP contribution is 2.27. The molecule has 3 heteroatoms. The Morgan fingerprint density at radius 3 is 3.10 bits per heavy atom. The fourth-order valence-corrected chi connectivity index (χ4v) is 3.61. The largest absolute Gasteiger partial charge is 0.331 e. The number of para-hydroxylation sites is 2. The Morgan fingerprint density at radius 1 is 1.29 bits per heavy atom. The number of hydrogen-bond donors (Lipinski definition) is 1. The molecule has 0 spiro atoms. The van der Waals surface area contributed by atoms with Crippen molar-refractivity contribution in [2.24, 2.45) is 11.8 Å². The SMILES string of the molecule is CC1CCCC(CNCCCn2cnc3ccccc32)C1. The lowest BCUT2D eigenvalue weighted by Crippen LogP contribution is -2.27. The average molecular weight is 285 g/mol. The maximum Gasteiger partial charge on any atom is 0.0958 e. The van der Waals surface area contributed by atoms with Gasteiger partial charge >= 0.3 is 0 Å². The van der Waals surface area contributed by atoms with Crippen molar-refractivity contribution in [1.82, 2.24) is 14.9 Å². The third kappa shape index (κ3) is 3.85. The Balaban J connectivity index is 1.38. The minimum Gasteiger partial charge on any atom is -0.331 e. The van der Waals surface area contributed by atoms with E-state index >= 15 is 0 Å². The molecule has 1 N–H and O–H groups in total. The Hall–Kier alpha value is -1.35. The van der Waals surface area contributed by atoms with Crippen LogP contribution in [-0.2, 0) is 6.54 Å². The van der Waals surface area contributed by atoms with E-state index in [1.807, 2.05) is 12.4 Å². The summed E-state index contributed by atoms with van der Waals surface area (Å²) < 4.78 is 2.26. The Labute approximate surface area is 127 Å². The molecule has 2 atom stereocenters. The molecule has 1 aromatic heterocycles. The molecule has 1 fully saturated rings. The molecule has 1 aliphatic rings. The van der Waals surface area contributed by atoms with Gasteiger partial charge in [-0.3, -0.25) is 0 Å². The van der Waals surface area contributed by atoms with E-state index < -0.39 is 0 Å². The van der Waals surface area contributed by atoms with Crippen molar-refractivity contribution in [2.45, 2.75) is 45.6 Å². The van der Waals surface area contributed by atoms with Crippen molar-refractivity contribution in [3.63, 3.8) is 0 Å². The van der Waals surface area contributed by atoms with Crippen LogP contribution in [0.25, 0.3) is 11.0 Å². The predicted molar refractivity (Wildman–Crippen MR) is 88.3 cm³/mol. The Morgan fingerprint density at radius 2 is 2.19 bits per heavy atom. The molecule has 0 amide bonds. The van der Waals surface area contributed by atoms with E-state index in [2.05, 4.69) is 40.0 Å². The smallest absolute Gasteiger partial charge is 0.0958 e. The lowest BCUT2D eigenvalue weighted by Gasteiger charge is -2.26. The summed E-state index contributed by atoms with van der Waals surface area (Å²) in [6.07, 6.45) is 8.83. The molecule has 1 saturated carbocycles. The number of hydrogen-bond acceptors (Lipinski definition) is 2. The van der Waals surface area contributed by atoms with E-state index in [1.165, 1.54) is 44.2 Å². The second-order valence-electron chi connectivity index (χ2n) is 6.62. The van der Waals surface area contributed by atoms with Gasteiger partial charge in [-0.15, -0.1) is 0 Å². The van der Waals surface area contributed by atoms with E-state index in [9.17, 15) is 0 Å². The van der Waals surface area contributed by atoms with Crippen LogP contribution in [0.15, 0.2) is 30.6 Å². The molecule has 1 aromatic carbocycles. The number of nitrogens with zero attached hydrogens (tertiary/aromatic N) is 2. The highest BCUT2D eigenvalue weighted by molar-refractivity contribution is 5.74. The summed E-state index contributed by atoms with van der Waals surface area (Å²) in [5.74, 6) is 1.84. The molecule has 21 heavy (non-hydrogen) atoms. The van der Waals surface area contributed by atoms with Gasteiger partial charge in [0.25, 0.3) is 0 Å². The number of benzene rings is 1. The van der Waals surface area contributed by atoms with Gasteiger partial charge in [0, 0.05) is 6.54 Å². The minimum atomic E-state index is 0.905. The molecule has 2 aromatic rings. The van der Waals surface area contributed by atoms with Crippen LogP contribution >= 0.6 is 0 Å². The fraction of sp³-hybridized carbons (Fsp3) is 0.611. The zero-order chi connectivity index (χ0) is 14.5. The van der Waals surface area contributed by atoms with Crippen LogP contribution in [0.2, 0.25) is 0 Å². The average Bonchev–Trinajstić information content (AvgIpc) is 2.90. The van der Waals surface area contributed by atoms with E-state index in [-0.39, 0.29) is 0 Å². The topological polar surface area (TPSA) is 29.9 Å². The molecule has 3 nitrogen and oxygen atoms in total. The van der Waals surface area contributed by atoms with Crippen LogP contribution < -0.4 is 5.32 Å². The van der Waals surface area contributed by atoms with Gasteiger partial charge in [0.1, 0.15) is 0 Å². The van der Waals surface area contributed by atoms with Crippen molar-refractivity contribution in [1.29, 1.82) is 0 Å². The van der Waals surface area contributed by atoms with Crippen LogP contribution in [-0.4, -0.2) is 22.6 Å². The number of imidazole rings is 1. The zero-order valence-corrected chi connectivity index (χ0v) is 13.1. The number of nitrogens with one attached hydrogen (secondary N) is 1. The summed E-state index contributed by atoms with van der Waals surface area (Å²) in [6, 6.07) is 8.36. The van der Waals surface area contributed by atoms with Crippen LogP contribution in [0.4, 0.5) is 0 Å². The number of rotatable bonds is 6. The summed E-state index contributed by atoms with van der Waals surface area (Å²) >= 11 is 0. The van der Waals surface area contributed by atoms with Crippen LogP contribution in [0.5, 0.6) is 0 Å². The van der Waals surface area contributed by atoms with E-state index in [4.69, 9.17) is 0 Å². The van der Waals surface area contributed by atoms with Gasteiger partial charge in [0.15, 0.2) is 0 Å². The van der Waals surface area contributed by atoms with Gasteiger partial charge < -0.3 is 9.88 Å². The standard InChI is InChI=1S/C18H27N3/c1-15-6-4-7-16(12-15)13-19-10-5-11-21-14-20-17-8-2-3-9-18(17)21/h2-3,8-9,14-16,19H,4-7,10-13H2,1H3. The highest BCUT2D eigenvalue weighted by atomic mass is 15.0. The predicted octanol–water partition coefficient (Wildman–Crippen LogP) is 3.84. The maximum atomic E-state index is 4.44. The molecule has 2 unspecified atom stereocenters. The molecule has 0 bridgehead atoms. The van der Waals surface area contributed by atoms with E-state index in [1.54, 1.807) is 0 Å². The van der Waals surface area contributed by atoms with Gasteiger partial charge in [-0.2, -0.15) is 0 Å². The monoisotopic (exact) mass is 285 g/mol. The molecule has 114 valence electrons. The second kappa shape index (κ2) is 7.08. The third-order valence-corrected chi connectivity index (χ3v) is 4.76. The first kappa shape index (κ1) is 14.6. The number of fused-ring (bicyclic) bond motifs is 1. The van der Waals surface area contributed by atoms with E-state index in [0.717, 1.165) is 30.4 Å². The van der Waals surface area contributed by atoms with Gasteiger partial charge in [0.05, 0.1) is 17.4 Å². The Bertz CT molecular complexity index is 560. The van der Waals surface area contributed by atoms with Crippen molar-refractivity contribution < 1.29 is 0 Å². The molecule has 0 saturated heterocycles. The molecule has 0 radical (unpaired) electrons. The van der Waals surface area contributed by atoms with Crippen LogP contribution in [0, 0.1) is 11.8 Å². The first-order valence-electron chi connectivity index (χ1n) is 8.43. The van der Waals surface area contributed by atoms with Gasteiger partial charge in [-0.1, -0.05) is 31.9 Å². The summed E-state index contributed by atoms with van der Waals surface area (Å²) in [5.41, 5.74) is 2.35. The minimum absolute atomic E-state index is 0.905. The lowest BCUT2D eigenvalue weighted by molar-refractivity contribution is 0.274. The summed E-state index contributed by atoms with van der Waals surface area (Å²) in [7, 11) is 0. The van der Waals surface area contributed by atoms with E-state index in [0.29, 0.717) is 0 Å². The highest BCUT2D eigenvalue weighted by Gasteiger charge is 2.17. The van der Waals surface area contributed by atoms with Crippen LogP contribution in [0.3, 0.4) is 0 Å². The van der Waals surface area contributed by atoms with Crippen molar-refractivity contribution in [3.05, 3.63) is 30.6 Å². The summed E-state index contributed by atoms with van der Waals surface area (Å²) in [4.78, 5) is 4.44. The summed E-state index contributed by atoms with van der Waals surface area (Å²) in [6.45, 7) is 5.76. The van der Waals surface area contributed by atoms with Crippen molar-refractivity contribution in [2.75, 3.05) is 13.1 Å². The third-order valence-electron chi connectivity index (χ3n) is 4.76. The number of aryl methyl sites for hydroxylation is 1. The molecule has 1 aliphatic carbocycles. The normalized spacial score (nSPS) is 22.7. The summed E-state index contributed by atoms with van der Waals surface area (Å²) in [5, 5.41) is 3.65. The maximum absolute atomic E-state index is 4.44. The lowest BCUT2D eigenvalue weighted by atomic mass is 9.82. The molecular formula is C18H27N3. The van der Waals surface area contributed by atoms with Crippen LogP contribution in [0.1, 0.15) is 39.0 Å². The fourth-order valence-electron chi connectivity index (χ4n) is 3.61. The first-order chi connectivity index (χ1) is 10.3. The van der Waals surface area contributed by atoms with Gasteiger partial charge in [0.2, 0.25) is 0 Å². The molecule has 1 heterocycles. The van der Waals surface area contributed by atoms with Crippen molar-refractivity contribution >= 4 is 11.0 Å². The van der Waals surface area contributed by atoms with Gasteiger partial charge in [-0.05, 0) is 56.3 Å². The molecular weight excluding hydrogens is 258 g/mol. The Kier molecular flexibility index (Phi) is 4.91. The molecule has 0 aliphatic heterocycles. The molecule has 3 rings (SSSR count). The zero-order valence-electron chi connectivity index (χ0n) is 13.1.